The lowest BCUT2D eigenvalue weighted by Gasteiger charge is -2.49. The molecule has 5 rings (SSSR count). The molecule has 0 aliphatic carbocycles. The van der Waals surface area contributed by atoms with E-state index in [1.807, 2.05) is 6.07 Å². The van der Waals surface area contributed by atoms with Crippen molar-refractivity contribution >= 4 is 38.4 Å². The first-order valence-corrected chi connectivity index (χ1v) is 9.59. The van der Waals surface area contributed by atoms with Crippen LogP contribution >= 0.6 is 27.5 Å². The lowest BCUT2D eigenvalue weighted by Crippen LogP contribution is -2.53. The van der Waals surface area contributed by atoms with Gasteiger partial charge in [-0.15, -0.1) is 0 Å². The lowest BCUT2D eigenvalue weighted by molar-refractivity contribution is 0.112. The normalized spacial score (nSPS) is 23.0. The fourth-order valence-corrected chi connectivity index (χ4v) is 5.22. The molecular weight excluding hydrogens is 384 g/mol. The van der Waals surface area contributed by atoms with Gasteiger partial charge in [-0.25, -0.2) is 0 Å². The zero-order valence-corrected chi connectivity index (χ0v) is 15.8. The van der Waals surface area contributed by atoms with Gasteiger partial charge >= 0.3 is 0 Å². The van der Waals surface area contributed by atoms with E-state index in [1.165, 1.54) is 33.3 Å². The van der Waals surface area contributed by atoms with Gasteiger partial charge in [0.2, 0.25) is 0 Å². The Kier molecular flexibility index (Phi) is 3.19. The van der Waals surface area contributed by atoms with E-state index in [9.17, 15) is 0 Å². The van der Waals surface area contributed by atoms with Crippen molar-refractivity contribution in [1.29, 1.82) is 0 Å². The molecule has 1 aromatic heterocycles. The highest BCUT2D eigenvalue weighted by atomic mass is 79.9. The van der Waals surface area contributed by atoms with Crippen LogP contribution < -0.4 is 0 Å². The number of H-pyrrole nitrogens is 1. The van der Waals surface area contributed by atoms with Gasteiger partial charge in [0.15, 0.2) is 0 Å². The number of hydrogen-bond donors (Lipinski definition) is 1. The van der Waals surface area contributed by atoms with Crippen LogP contribution in [0.15, 0.2) is 40.9 Å². The number of fused-ring (bicyclic) bond motifs is 7. The van der Waals surface area contributed by atoms with Crippen molar-refractivity contribution in [3.8, 4) is 0 Å². The van der Waals surface area contributed by atoms with Crippen LogP contribution in [0.5, 0.6) is 0 Å². The lowest BCUT2D eigenvalue weighted by atomic mass is 9.75. The molecule has 0 radical (unpaired) electrons. The Hall–Kier alpha value is -1.29. The van der Waals surface area contributed by atoms with Gasteiger partial charge in [0.25, 0.3) is 0 Å². The Morgan fingerprint density at radius 3 is 2.83 bits per heavy atom. The quantitative estimate of drug-likeness (QED) is 0.544. The first-order valence-electron chi connectivity index (χ1n) is 8.42. The topological polar surface area (TPSA) is 19.0 Å². The molecule has 1 unspecified atom stereocenters. The molecule has 1 N–H and O–H groups in total. The van der Waals surface area contributed by atoms with Crippen LogP contribution in [0, 0.1) is 0 Å². The van der Waals surface area contributed by atoms with E-state index in [-0.39, 0.29) is 5.54 Å². The third-order valence-electron chi connectivity index (χ3n) is 5.86. The average Bonchev–Trinajstić information content (AvgIpc) is 2.93. The molecule has 2 aromatic carbocycles. The van der Waals surface area contributed by atoms with Crippen molar-refractivity contribution < 1.29 is 0 Å². The van der Waals surface area contributed by atoms with E-state index in [0.29, 0.717) is 0 Å². The maximum absolute atomic E-state index is 6.25. The number of nitrogens with zero attached hydrogens (tertiary/aromatic N) is 1. The van der Waals surface area contributed by atoms with E-state index in [2.05, 4.69) is 63.1 Å². The largest absolute Gasteiger partial charge is 0.356 e. The van der Waals surface area contributed by atoms with Crippen LogP contribution in [0.25, 0.3) is 10.9 Å². The predicted octanol–water partition coefficient (Wildman–Crippen LogP) is 5.26. The molecule has 1 atom stereocenters. The van der Waals surface area contributed by atoms with Gasteiger partial charge < -0.3 is 4.98 Å². The number of rotatable bonds is 0. The molecule has 3 heterocycles. The number of hydrogen-bond acceptors (Lipinski definition) is 1. The second kappa shape index (κ2) is 5.10. The van der Waals surface area contributed by atoms with Crippen molar-refractivity contribution in [2.75, 3.05) is 13.1 Å². The number of nitrogens with one attached hydrogen (secondary N) is 1. The van der Waals surface area contributed by atoms with Crippen molar-refractivity contribution in [2.24, 2.45) is 0 Å². The number of aromatic nitrogens is 1. The van der Waals surface area contributed by atoms with Gasteiger partial charge in [0.05, 0.1) is 5.54 Å². The summed E-state index contributed by atoms with van der Waals surface area (Å²) in [5.74, 6) is 0. The first kappa shape index (κ1) is 15.0. The van der Waals surface area contributed by atoms with Crippen molar-refractivity contribution in [3.63, 3.8) is 0 Å². The van der Waals surface area contributed by atoms with Crippen LogP contribution in [0.1, 0.15) is 29.3 Å². The summed E-state index contributed by atoms with van der Waals surface area (Å²) in [7, 11) is 0. The maximum Gasteiger partial charge on any atom is 0.0844 e. The van der Waals surface area contributed by atoms with E-state index in [4.69, 9.17) is 11.6 Å². The monoisotopic (exact) mass is 400 g/mol. The van der Waals surface area contributed by atoms with E-state index in [1.54, 1.807) is 0 Å². The maximum atomic E-state index is 6.25. The van der Waals surface area contributed by atoms with Gasteiger partial charge in [-0.3, -0.25) is 4.90 Å². The zero-order valence-electron chi connectivity index (χ0n) is 13.5. The molecule has 4 heteroatoms. The van der Waals surface area contributed by atoms with Crippen LogP contribution in [-0.2, 0) is 18.4 Å². The van der Waals surface area contributed by atoms with Gasteiger partial charge in [0.1, 0.15) is 0 Å². The Morgan fingerprint density at radius 1 is 1.12 bits per heavy atom. The Bertz CT molecular complexity index is 977. The smallest absolute Gasteiger partial charge is 0.0844 e. The van der Waals surface area contributed by atoms with Crippen LogP contribution in [0.3, 0.4) is 0 Å². The highest BCUT2D eigenvalue weighted by molar-refractivity contribution is 9.10. The third kappa shape index (κ3) is 1.92. The SMILES string of the molecule is CC12c3ccc(Cl)cc3CCN1CCc1c2[nH]c2ccc(Br)cc12. The number of halogens is 2. The van der Waals surface area contributed by atoms with Gasteiger partial charge in [0, 0.05) is 39.2 Å². The molecule has 0 amide bonds. The minimum atomic E-state index is -0.0999. The van der Waals surface area contributed by atoms with Gasteiger partial charge in [-0.1, -0.05) is 33.6 Å². The minimum Gasteiger partial charge on any atom is -0.356 e. The highest BCUT2D eigenvalue weighted by Gasteiger charge is 2.45. The summed E-state index contributed by atoms with van der Waals surface area (Å²) < 4.78 is 1.14. The Morgan fingerprint density at radius 2 is 1.96 bits per heavy atom. The van der Waals surface area contributed by atoms with Crippen LogP contribution in [0.4, 0.5) is 0 Å². The molecule has 0 spiro atoms. The Balaban J connectivity index is 1.81. The summed E-state index contributed by atoms with van der Waals surface area (Å²) in [6, 6.07) is 12.9. The third-order valence-corrected chi connectivity index (χ3v) is 6.59. The summed E-state index contributed by atoms with van der Waals surface area (Å²) in [6.45, 7) is 4.55. The zero-order chi connectivity index (χ0) is 16.5. The predicted molar refractivity (Wildman–Crippen MR) is 103 cm³/mol. The average molecular weight is 402 g/mol. The fourth-order valence-electron chi connectivity index (χ4n) is 4.66. The minimum absolute atomic E-state index is 0.0999. The molecule has 2 nitrogen and oxygen atoms in total. The fraction of sp³-hybridized carbons (Fsp3) is 0.300. The highest BCUT2D eigenvalue weighted by Crippen LogP contribution is 2.46. The molecule has 2 aliphatic rings. The molecule has 3 aromatic rings. The summed E-state index contributed by atoms with van der Waals surface area (Å²) in [6.07, 6.45) is 2.18. The van der Waals surface area contributed by atoms with Crippen LogP contribution in [-0.4, -0.2) is 23.0 Å². The molecular formula is C20H18BrClN2. The summed E-state index contributed by atoms with van der Waals surface area (Å²) in [5, 5.41) is 2.18. The van der Waals surface area contributed by atoms with Crippen LogP contribution in [0.2, 0.25) is 5.02 Å². The molecule has 0 saturated carbocycles. The standard InChI is InChI=1S/C20H18BrClN2/c1-20-17-4-3-14(22)10-12(17)6-8-24(20)9-7-15-16-11-13(21)2-5-18(16)23-19(15)20/h2-5,10-11,23H,6-9H2,1H3. The van der Waals surface area contributed by atoms with E-state index >= 15 is 0 Å². The van der Waals surface area contributed by atoms with Crippen molar-refractivity contribution in [1.82, 2.24) is 9.88 Å². The van der Waals surface area contributed by atoms with Crippen molar-refractivity contribution in [2.45, 2.75) is 25.3 Å². The summed E-state index contributed by atoms with van der Waals surface area (Å²) in [5.41, 5.74) is 6.72. The molecule has 122 valence electrons. The van der Waals surface area contributed by atoms with E-state index < -0.39 is 0 Å². The molecule has 0 fully saturated rings. The number of aromatic amines is 1. The summed E-state index contributed by atoms with van der Waals surface area (Å²) >= 11 is 9.87. The molecule has 2 aliphatic heterocycles. The van der Waals surface area contributed by atoms with Gasteiger partial charge in [-0.2, -0.15) is 0 Å². The van der Waals surface area contributed by atoms with Crippen molar-refractivity contribution in [3.05, 3.63) is 68.3 Å². The molecule has 0 saturated heterocycles. The second-order valence-corrected chi connectivity index (χ2v) is 8.38. The first-order chi connectivity index (χ1) is 11.6. The van der Waals surface area contributed by atoms with Gasteiger partial charge in [-0.05, 0) is 66.8 Å². The second-order valence-electron chi connectivity index (χ2n) is 7.03. The molecule has 24 heavy (non-hydrogen) atoms. The molecule has 0 bridgehead atoms. The summed E-state index contributed by atoms with van der Waals surface area (Å²) in [4.78, 5) is 6.36. The Labute approximate surface area is 154 Å². The van der Waals surface area contributed by atoms with E-state index in [0.717, 1.165) is 35.4 Å². The number of benzene rings is 2.